The fourth-order valence-corrected chi connectivity index (χ4v) is 1.26. The summed E-state index contributed by atoms with van der Waals surface area (Å²) in [6, 6.07) is 8.12. The Balaban J connectivity index is 2.64. The van der Waals surface area contributed by atoms with E-state index >= 15 is 0 Å². The Morgan fingerprint density at radius 2 is 2.15 bits per heavy atom. The van der Waals surface area contributed by atoms with Crippen LogP contribution in [0.4, 0.5) is 0 Å². The van der Waals surface area contributed by atoms with Gasteiger partial charge < -0.3 is 4.74 Å². The van der Waals surface area contributed by atoms with Crippen LogP contribution in [0.25, 0.3) is 0 Å². The first-order valence-electron chi connectivity index (χ1n) is 4.34. The van der Waals surface area contributed by atoms with E-state index in [1.807, 2.05) is 29.3 Å². The van der Waals surface area contributed by atoms with Crippen LogP contribution in [-0.2, 0) is 6.42 Å². The minimum Gasteiger partial charge on any atom is -0.489 e. The van der Waals surface area contributed by atoms with Gasteiger partial charge in [-0.3, -0.25) is 0 Å². The smallest absolute Gasteiger partial charge is 0.122 e. The zero-order chi connectivity index (χ0) is 9.52. The van der Waals surface area contributed by atoms with E-state index in [1.165, 1.54) is 5.56 Å². The van der Waals surface area contributed by atoms with E-state index in [0.717, 1.165) is 12.2 Å². The molecule has 0 aliphatic heterocycles. The highest BCUT2D eigenvalue weighted by Gasteiger charge is 1.97. The van der Waals surface area contributed by atoms with Crippen molar-refractivity contribution in [1.29, 1.82) is 0 Å². The molecule has 1 rings (SSSR count). The van der Waals surface area contributed by atoms with Gasteiger partial charge in [-0.25, -0.2) is 0 Å². The molecule has 70 valence electrons. The van der Waals surface area contributed by atoms with E-state index in [1.54, 1.807) is 0 Å². The summed E-state index contributed by atoms with van der Waals surface area (Å²) >= 11 is 3.20. The van der Waals surface area contributed by atoms with Crippen molar-refractivity contribution in [2.75, 3.05) is 6.61 Å². The van der Waals surface area contributed by atoms with Crippen LogP contribution in [0.5, 0.6) is 5.75 Å². The number of halogens is 1. The van der Waals surface area contributed by atoms with Crippen LogP contribution in [0.3, 0.4) is 0 Å². The van der Waals surface area contributed by atoms with E-state index in [0.29, 0.717) is 6.61 Å². The lowest BCUT2D eigenvalue weighted by atomic mass is 10.1. The van der Waals surface area contributed by atoms with Crippen molar-refractivity contribution in [3.63, 3.8) is 0 Å². The molecule has 0 amide bonds. The largest absolute Gasteiger partial charge is 0.489 e. The summed E-state index contributed by atoms with van der Waals surface area (Å²) in [7, 11) is 0. The van der Waals surface area contributed by atoms with Crippen molar-refractivity contribution in [2.45, 2.75) is 13.3 Å². The van der Waals surface area contributed by atoms with Crippen LogP contribution >= 0.6 is 15.9 Å². The van der Waals surface area contributed by atoms with Gasteiger partial charge in [0.2, 0.25) is 0 Å². The predicted molar refractivity (Wildman–Crippen MR) is 59.4 cm³/mol. The number of hydrogen-bond acceptors (Lipinski definition) is 1. The van der Waals surface area contributed by atoms with E-state index in [-0.39, 0.29) is 0 Å². The third-order valence-corrected chi connectivity index (χ3v) is 2.15. The lowest BCUT2D eigenvalue weighted by Gasteiger charge is -2.07. The summed E-state index contributed by atoms with van der Waals surface area (Å²) in [4.78, 5) is 1.81. The average Bonchev–Trinajstić information content (AvgIpc) is 2.19. The molecule has 0 aliphatic carbocycles. The normalized spacial score (nSPS) is 10.6. The lowest BCUT2D eigenvalue weighted by molar-refractivity contribution is 0.359. The highest BCUT2D eigenvalue weighted by Crippen LogP contribution is 2.17. The van der Waals surface area contributed by atoms with Crippen LogP contribution in [0.15, 0.2) is 35.3 Å². The van der Waals surface area contributed by atoms with Crippen molar-refractivity contribution in [3.8, 4) is 5.75 Å². The SMILES string of the molecule is CCc1ccccc1OCC=CBr. The Kier molecular flexibility index (Phi) is 4.61. The number of ether oxygens (including phenoxy) is 1. The van der Waals surface area contributed by atoms with Crippen molar-refractivity contribution in [3.05, 3.63) is 40.9 Å². The van der Waals surface area contributed by atoms with Gasteiger partial charge in [0.25, 0.3) is 0 Å². The van der Waals surface area contributed by atoms with E-state index < -0.39 is 0 Å². The summed E-state index contributed by atoms with van der Waals surface area (Å²) < 4.78 is 5.55. The molecule has 0 atom stereocenters. The Bertz CT molecular complexity index is 281. The first kappa shape index (κ1) is 10.3. The molecule has 0 unspecified atom stereocenters. The maximum absolute atomic E-state index is 5.55. The van der Waals surface area contributed by atoms with Crippen LogP contribution in [0.1, 0.15) is 12.5 Å². The van der Waals surface area contributed by atoms with Gasteiger partial charge in [-0.2, -0.15) is 0 Å². The van der Waals surface area contributed by atoms with Gasteiger partial charge >= 0.3 is 0 Å². The molecule has 1 nitrogen and oxygen atoms in total. The third-order valence-electron chi connectivity index (χ3n) is 1.78. The molecule has 1 aromatic rings. The van der Waals surface area contributed by atoms with Crippen molar-refractivity contribution >= 4 is 15.9 Å². The molecule has 0 spiro atoms. The Morgan fingerprint density at radius 3 is 2.85 bits per heavy atom. The number of aryl methyl sites for hydroxylation is 1. The maximum Gasteiger partial charge on any atom is 0.122 e. The number of para-hydroxylation sites is 1. The zero-order valence-corrected chi connectivity index (χ0v) is 9.25. The second kappa shape index (κ2) is 5.81. The monoisotopic (exact) mass is 240 g/mol. The predicted octanol–water partition coefficient (Wildman–Crippen LogP) is 3.54. The molecule has 0 saturated heterocycles. The molecule has 13 heavy (non-hydrogen) atoms. The second-order valence-corrected chi connectivity index (χ2v) is 3.16. The molecule has 2 heteroatoms. The molecule has 1 aromatic carbocycles. The average molecular weight is 241 g/mol. The molecule has 0 aliphatic rings. The molecule has 0 radical (unpaired) electrons. The van der Waals surface area contributed by atoms with Gasteiger partial charge in [0, 0.05) is 0 Å². The van der Waals surface area contributed by atoms with E-state index in [4.69, 9.17) is 4.74 Å². The van der Waals surface area contributed by atoms with Gasteiger partial charge in [0.05, 0.1) is 0 Å². The van der Waals surface area contributed by atoms with E-state index in [2.05, 4.69) is 28.9 Å². The summed E-state index contributed by atoms with van der Waals surface area (Å²) in [5.41, 5.74) is 1.26. The first-order chi connectivity index (χ1) is 6.38. The molecule has 0 N–H and O–H groups in total. The number of rotatable bonds is 4. The molecular weight excluding hydrogens is 228 g/mol. The van der Waals surface area contributed by atoms with Crippen LogP contribution in [0, 0.1) is 0 Å². The molecule has 0 heterocycles. The quantitative estimate of drug-likeness (QED) is 0.783. The van der Waals surface area contributed by atoms with Gasteiger partial charge in [-0.05, 0) is 29.1 Å². The maximum atomic E-state index is 5.55. The molecule has 0 saturated carbocycles. The fourth-order valence-electron chi connectivity index (χ4n) is 1.11. The van der Waals surface area contributed by atoms with Gasteiger partial charge in [-0.15, -0.1) is 0 Å². The molecule has 0 fully saturated rings. The Labute approximate surface area is 87.5 Å². The van der Waals surface area contributed by atoms with Gasteiger partial charge in [-0.1, -0.05) is 41.1 Å². The van der Waals surface area contributed by atoms with Crippen LogP contribution in [-0.4, -0.2) is 6.61 Å². The third kappa shape index (κ3) is 3.23. The summed E-state index contributed by atoms with van der Waals surface area (Å²) in [6.45, 7) is 2.74. The minimum absolute atomic E-state index is 0.613. The first-order valence-corrected chi connectivity index (χ1v) is 5.26. The summed E-state index contributed by atoms with van der Waals surface area (Å²) in [5, 5.41) is 0. The van der Waals surface area contributed by atoms with Gasteiger partial charge in [0.1, 0.15) is 12.4 Å². The highest BCUT2D eigenvalue weighted by atomic mass is 79.9. The van der Waals surface area contributed by atoms with E-state index in [9.17, 15) is 0 Å². The minimum atomic E-state index is 0.613. The zero-order valence-electron chi connectivity index (χ0n) is 7.66. The topological polar surface area (TPSA) is 9.23 Å². The van der Waals surface area contributed by atoms with Crippen molar-refractivity contribution in [1.82, 2.24) is 0 Å². The number of hydrogen-bond donors (Lipinski definition) is 0. The van der Waals surface area contributed by atoms with Gasteiger partial charge in [0.15, 0.2) is 0 Å². The Hall–Kier alpha value is -0.760. The lowest BCUT2D eigenvalue weighted by Crippen LogP contribution is -1.96. The Morgan fingerprint density at radius 1 is 1.38 bits per heavy atom. The van der Waals surface area contributed by atoms with Crippen LogP contribution in [0.2, 0.25) is 0 Å². The fraction of sp³-hybridized carbons (Fsp3) is 0.273. The molecular formula is C11H13BrO. The molecule has 0 bridgehead atoms. The standard InChI is InChI=1S/C11H13BrO/c1-2-10-6-3-4-7-11(10)13-9-5-8-12/h3-8H,2,9H2,1H3. The summed E-state index contributed by atoms with van der Waals surface area (Å²) in [5.74, 6) is 0.982. The summed E-state index contributed by atoms with van der Waals surface area (Å²) in [6.07, 6.45) is 2.93. The van der Waals surface area contributed by atoms with Crippen molar-refractivity contribution < 1.29 is 4.74 Å². The van der Waals surface area contributed by atoms with Crippen molar-refractivity contribution in [2.24, 2.45) is 0 Å². The van der Waals surface area contributed by atoms with Crippen LogP contribution < -0.4 is 4.74 Å². The molecule has 0 aromatic heterocycles. The highest BCUT2D eigenvalue weighted by molar-refractivity contribution is 9.11. The number of benzene rings is 1. The second-order valence-electron chi connectivity index (χ2n) is 2.63.